The Morgan fingerprint density at radius 2 is 2.08 bits per heavy atom. The molecular formula is C17H16ClFN4O2. The summed E-state index contributed by atoms with van der Waals surface area (Å²) in [5.74, 6) is -0.786. The van der Waals surface area contributed by atoms with E-state index in [-0.39, 0.29) is 24.2 Å². The monoisotopic (exact) mass is 362 g/mol. The molecule has 1 saturated heterocycles. The van der Waals surface area contributed by atoms with Crippen molar-refractivity contribution in [2.45, 2.75) is 6.92 Å². The summed E-state index contributed by atoms with van der Waals surface area (Å²) in [6.07, 6.45) is 2.96. The van der Waals surface area contributed by atoms with E-state index in [2.05, 4.69) is 10.4 Å². The van der Waals surface area contributed by atoms with Crippen LogP contribution < -0.4 is 5.32 Å². The van der Waals surface area contributed by atoms with Crippen molar-refractivity contribution >= 4 is 29.5 Å². The number of piperazine rings is 1. The maximum Gasteiger partial charge on any atom is 0.247 e. The molecule has 130 valence electrons. The molecule has 25 heavy (non-hydrogen) atoms. The molecule has 2 heterocycles. The van der Waals surface area contributed by atoms with Crippen LogP contribution in [0.5, 0.6) is 0 Å². The van der Waals surface area contributed by atoms with Gasteiger partial charge in [-0.2, -0.15) is 5.10 Å². The number of carbonyl (C=O) groups excluding carboxylic acids is 2. The summed E-state index contributed by atoms with van der Waals surface area (Å²) in [7, 11) is 0. The predicted molar refractivity (Wildman–Crippen MR) is 91.9 cm³/mol. The molecule has 2 amide bonds. The highest BCUT2D eigenvalue weighted by Crippen LogP contribution is 2.25. The molecule has 3 rings (SSSR count). The van der Waals surface area contributed by atoms with Gasteiger partial charge in [-0.25, -0.2) is 9.07 Å². The molecule has 1 aliphatic heterocycles. The van der Waals surface area contributed by atoms with Crippen LogP contribution >= 0.6 is 11.6 Å². The molecule has 2 aromatic rings. The van der Waals surface area contributed by atoms with E-state index in [0.717, 1.165) is 0 Å². The van der Waals surface area contributed by atoms with E-state index in [1.165, 1.54) is 27.8 Å². The Morgan fingerprint density at radius 3 is 2.76 bits per heavy atom. The average molecular weight is 363 g/mol. The minimum Gasteiger partial charge on any atom is -0.353 e. The van der Waals surface area contributed by atoms with Gasteiger partial charge >= 0.3 is 0 Å². The van der Waals surface area contributed by atoms with Gasteiger partial charge in [-0.1, -0.05) is 11.6 Å². The average Bonchev–Trinajstić information content (AvgIpc) is 2.88. The molecule has 1 aromatic carbocycles. The van der Waals surface area contributed by atoms with Gasteiger partial charge in [0.15, 0.2) is 0 Å². The number of nitrogens with zero attached hydrogens (tertiary/aromatic N) is 3. The lowest BCUT2D eigenvalue weighted by molar-refractivity contribution is -0.134. The van der Waals surface area contributed by atoms with Crippen LogP contribution in [-0.4, -0.2) is 46.1 Å². The predicted octanol–water partition coefficient (Wildman–Crippen LogP) is 1.94. The highest BCUT2D eigenvalue weighted by atomic mass is 35.5. The Kier molecular flexibility index (Phi) is 4.85. The first kappa shape index (κ1) is 17.2. The summed E-state index contributed by atoms with van der Waals surface area (Å²) < 4.78 is 14.5. The number of hydrogen-bond acceptors (Lipinski definition) is 3. The molecular weight excluding hydrogens is 347 g/mol. The van der Waals surface area contributed by atoms with Crippen LogP contribution in [0.15, 0.2) is 30.3 Å². The van der Waals surface area contributed by atoms with Crippen LogP contribution in [-0.2, 0) is 9.59 Å². The highest BCUT2D eigenvalue weighted by molar-refractivity contribution is 6.31. The van der Waals surface area contributed by atoms with E-state index in [0.29, 0.717) is 35.2 Å². The number of carbonyl (C=O) groups is 2. The fourth-order valence-electron chi connectivity index (χ4n) is 2.54. The van der Waals surface area contributed by atoms with Crippen molar-refractivity contribution in [3.05, 3.63) is 52.6 Å². The fraction of sp³-hybridized carbons (Fsp3) is 0.235. The lowest BCUT2D eigenvalue weighted by atomic mass is 10.2. The Hall–Kier alpha value is -2.67. The highest BCUT2D eigenvalue weighted by Gasteiger charge is 2.19. The molecule has 6 nitrogen and oxygen atoms in total. The first-order valence-corrected chi connectivity index (χ1v) is 8.08. The summed E-state index contributed by atoms with van der Waals surface area (Å²) in [4.78, 5) is 25.0. The van der Waals surface area contributed by atoms with Crippen LogP contribution in [0.25, 0.3) is 11.8 Å². The molecule has 0 radical (unpaired) electrons. The van der Waals surface area contributed by atoms with Gasteiger partial charge in [-0.3, -0.25) is 9.59 Å². The van der Waals surface area contributed by atoms with Crippen molar-refractivity contribution in [2.75, 3.05) is 19.6 Å². The number of benzene rings is 1. The van der Waals surface area contributed by atoms with E-state index >= 15 is 0 Å². The zero-order valence-corrected chi connectivity index (χ0v) is 14.3. The summed E-state index contributed by atoms with van der Waals surface area (Å²) in [6, 6.07) is 5.78. The second kappa shape index (κ2) is 7.06. The third-order valence-electron chi connectivity index (χ3n) is 3.86. The maximum atomic E-state index is 13.1. The number of hydrogen-bond donors (Lipinski definition) is 1. The smallest absolute Gasteiger partial charge is 0.247 e. The van der Waals surface area contributed by atoms with Crippen molar-refractivity contribution in [2.24, 2.45) is 0 Å². The van der Waals surface area contributed by atoms with Crippen molar-refractivity contribution in [3.8, 4) is 5.69 Å². The van der Waals surface area contributed by atoms with Gasteiger partial charge in [0.25, 0.3) is 0 Å². The molecule has 0 unspecified atom stereocenters. The minimum absolute atomic E-state index is 0.0464. The molecule has 0 saturated carbocycles. The largest absolute Gasteiger partial charge is 0.353 e. The zero-order chi connectivity index (χ0) is 18.0. The van der Waals surface area contributed by atoms with E-state index in [9.17, 15) is 14.0 Å². The third-order valence-corrected chi connectivity index (χ3v) is 4.23. The summed E-state index contributed by atoms with van der Waals surface area (Å²) in [6.45, 7) is 2.73. The summed E-state index contributed by atoms with van der Waals surface area (Å²) in [5, 5.41) is 7.32. The SMILES string of the molecule is Cc1nn(-c2ccc(F)cc2)c(Cl)c1/C=C/C(=O)N1CCNC(=O)C1. The van der Waals surface area contributed by atoms with Crippen LogP contribution in [0.4, 0.5) is 4.39 Å². The van der Waals surface area contributed by atoms with Gasteiger partial charge in [0, 0.05) is 24.7 Å². The topological polar surface area (TPSA) is 67.2 Å². The molecule has 0 spiro atoms. The van der Waals surface area contributed by atoms with E-state index in [4.69, 9.17) is 11.6 Å². The van der Waals surface area contributed by atoms with Crippen molar-refractivity contribution in [1.29, 1.82) is 0 Å². The van der Waals surface area contributed by atoms with E-state index < -0.39 is 0 Å². The summed E-state index contributed by atoms with van der Waals surface area (Å²) >= 11 is 6.36. The molecule has 1 aliphatic rings. The van der Waals surface area contributed by atoms with Gasteiger partial charge < -0.3 is 10.2 Å². The molecule has 0 atom stereocenters. The lowest BCUT2D eigenvalue weighted by Gasteiger charge is -2.25. The quantitative estimate of drug-likeness (QED) is 0.849. The minimum atomic E-state index is -0.347. The van der Waals surface area contributed by atoms with Gasteiger partial charge in [0.2, 0.25) is 11.8 Å². The number of amides is 2. The molecule has 0 aliphatic carbocycles. The number of rotatable bonds is 3. The maximum absolute atomic E-state index is 13.1. The van der Waals surface area contributed by atoms with Gasteiger partial charge in [-0.05, 0) is 37.3 Å². The van der Waals surface area contributed by atoms with E-state index in [1.54, 1.807) is 25.1 Å². The third kappa shape index (κ3) is 3.71. The van der Waals surface area contributed by atoms with Crippen LogP contribution in [0, 0.1) is 12.7 Å². The molecule has 1 aromatic heterocycles. The molecule has 1 fully saturated rings. The number of halogens is 2. The van der Waals surface area contributed by atoms with Gasteiger partial charge in [0.1, 0.15) is 11.0 Å². The molecule has 8 heteroatoms. The number of aromatic nitrogens is 2. The Labute approximate surface area is 148 Å². The second-order valence-corrected chi connectivity index (χ2v) is 5.98. The zero-order valence-electron chi connectivity index (χ0n) is 13.5. The fourth-order valence-corrected chi connectivity index (χ4v) is 2.88. The van der Waals surface area contributed by atoms with Gasteiger partial charge in [0.05, 0.1) is 17.9 Å². The first-order valence-electron chi connectivity index (χ1n) is 7.70. The summed E-state index contributed by atoms with van der Waals surface area (Å²) in [5.41, 5.74) is 1.85. The van der Waals surface area contributed by atoms with Crippen molar-refractivity contribution < 1.29 is 14.0 Å². The lowest BCUT2D eigenvalue weighted by Crippen LogP contribution is -2.49. The van der Waals surface area contributed by atoms with E-state index in [1.807, 2.05) is 0 Å². The molecule has 1 N–H and O–H groups in total. The van der Waals surface area contributed by atoms with Crippen molar-refractivity contribution in [1.82, 2.24) is 20.0 Å². The van der Waals surface area contributed by atoms with Crippen LogP contribution in [0.2, 0.25) is 5.15 Å². The van der Waals surface area contributed by atoms with Crippen LogP contribution in [0.3, 0.4) is 0 Å². The van der Waals surface area contributed by atoms with Gasteiger partial charge in [-0.15, -0.1) is 0 Å². The van der Waals surface area contributed by atoms with Crippen LogP contribution in [0.1, 0.15) is 11.3 Å². The van der Waals surface area contributed by atoms with Crippen molar-refractivity contribution in [3.63, 3.8) is 0 Å². The number of aryl methyl sites for hydroxylation is 1. The Bertz CT molecular complexity index is 845. The first-order chi connectivity index (χ1) is 12.0. The Balaban J connectivity index is 1.82. The molecule has 0 bridgehead atoms. The Morgan fingerprint density at radius 1 is 1.36 bits per heavy atom. The number of nitrogens with one attached hydrogen (secondary N) is 1. The second-order valence-electron chi connectivity index (χ2n) is 5.62. The normalized spacial score (nSPS) is 14.8. The standard InChI is InChI=1S/C17H16ClFN4O2/c1-11-14(6-7-16(25)22-9-8-20-15(24)10-22)17(18)23(21-11)13-4-2-12(19)3-5-13/h2-7H,8-10H2,1H3,(H,20,24)/b7-6+.